The van der Waals surface area contributed by atoms with Crippen molar-refractivity contribution in [3.8, 4) is 5.69 Å². The Morgan fingerprint density at radius 3 is 2.36 bits per heavy atom. The van der Waals surface area contributed by atoms with Crippen molar-refractivity contribution in [2.75, 3.05) is 31.2 Å². The molecule has 8 nitrogen and oxygen atoms in total. The highest BCUT2D eigenvalue weighted by molar-refractivity contribution is 6.30. The fraction of sp³-hybridized carbons (Fsp3) is 0.500. The summed E-state index contributed by atoms with van der Waals surface area (Å²) in [6.07, 6.45) is -6.96. The zero-order valence-electron chi connectivity index (χ0n) is 20.3. The van der Waals surface area contributed by atoms with E-state index < -0.39 is 36.8 Å². The minimum absolute atomic E-state index is 0.000794. The number of rotatable bonds is 3. The molecule has 0 N–H and O–H groups in total. The molecule has 2 aromatic heterocycles. The van der Waals surface area contributed by atoms with Crippen molar-refractivity contribution in [1.82, 2.24) is 29.6 Å². The highest BCUT2D eigenvalue weighted by atomic mass is 35.5. The average molecular weight is 574 g/mol. The van der Waals surface area contributed by atoms with Gasteiger partial charge in [-0.2, -0.15) is 26.3 Å². The lowest BCUT2D eigenvalue weighted by molar-refractivity contribution is -0.310. The SMILES string of the molecule is FC(F)(F)c1ccnc(N2CCC(c3nnc4n3-c3ccc(Cl)cc3CN(C3(C(F)(F)F)COC3)C4)CC2)n1. The number of anilines is 1. The lowest BCUT2D eigenvalue weighted by Gasteiger charge is -2.49. The fourth-order valence-corrected chi connectivity index (χ4v) is 5.61. The van der Waals surface area contributed by atoms with Gasteiger partial charge in [0.05, 0.1) is 25.4 Å². The summed E-state index contributed by atoms with van der Waals surface area (Å²) in [5.41, 5.74) is -1.89. The van der Waals surface area contributed by atoms with E-state index in [-0.39, 0.29) is 25.0 Å². The van der Waals surface area contributed by atoms with Gasteiger partial charge in [0.15, 0.2) is 11.4 Å². The van der Waals surface area contributed by atoms with Crippen molar-refractivity contribution < 1.29 is 31.1 Å². The van der Waals surface area contributed by atoms with Gasteiger partial charge in [0.1, 0.15) is 11.5 Å². The Bertz CT molecular complexity index is 1380. The molecule has 0 amide bonds. The highest BCUT2D eigenvalue weighted by Gasteiger charge is 2.64. The normalized spacial score (nSPS) is 20.2. The summed E-state index contributed by atoms with van der Waals surface area (Å²) in [5.74, 6) is 0.822. The summed E-state index contributed by atoms with van der Waals surface area (Å²) in [7, 11) is 0. The third kappa shape index (κ3) is 4.51. The summed E-state index contributed by atoms with van der Waals surface area (Å²) in [4.78, 5) is 10.7. The van der Waals surface area contributed by atoms with E-state index in [0.29, 0.717) is 53.9 Å². The first kappa shape index (κ1) is 26.3. The first-order valence-corrected chi connectivity index (χ1v) is 12.6. The van der Waals surface area contributed by atoms with Crippen LogP contribution in [0.3, 0.4) is 0 Å². The van der Waals surface area contributed by atoms with Crippen molar-refractivity contribution in [2.24, 2.45) is 0 Å². The largest absolute Gasteiger partial charge is 0.433 e. The molecule has 208 valence electrons. The molecule has 15 heteroatoms. The van der Waals surface area contributed by atoms with Crippen LogP contribution in [-0.4, -0.2) is 67.7 Å². The van der Waals surface area contributed by atoms with Crippen LogP contribution < -0.4 is 4.90 Å². The number of halogens is 7. The number of nitrogens with zero attached hydrogens (tertiary/aromatic N) is 7. The van der Waals surface area contributed by atoms with Crippen LogP contribution in [0.15, 0.2) is 30.5 Å². The van der Waals surface area contributed by atoms with E-state index in [0.717, 1.165) is 12.3 Å². The van der Waals surface area contributed by atoms with Crippen molar-refractivity contribution in [3.63, 3.8) is 0 Å². The molecule has 5 heterocycles. The number of hydrogen-bond acceptors (Lipinski definition) is 7. The number of benzene rings is 1. The summed E-state index contributed by atoms with van der Waals surface area (Å²) in [6, 6.07) is 5.90. The van der Waals surface area contributed by atoms with Gasteiger partial charge in [-0.05, 0) is 42.7 Å². The molecule has 3 aliphatic heterocycles. The van der Waals surface area contributed by atoms with Crippen molar-refractivity contribution in [1.29, 1.82) is 0 Å². The van der Waals surface area contributed by atoms with Crippen LogP contribution in [0, 0.1) is 0 Å². The molecule has 0 radical (unpaired) electrons. The minimum Gasteiger partial charge on any atom is -0.377 e. The van der Waals surface area contributed by atoms with Crippen molar-refractivity contribution in [2.45, 2.75) is 49.7 Å². The van der Waals surface area contributed by atoms with Crippen LogP contribution in [0.2, 0.25) is 5.02 Å². The number of fused-ring (bicyclic) bond motifs is 3. The van der Waals surface area contributed by atoms with Gasteiger partial charge in [-0.15, -0.1) is 10.2 Å². The zero-order valence-corrected chi connectivity index (χ0v) is 21.1. The number of aromatic nitrogens is 5. The predicted molar refractivity (Wildman–Crippen MR) is 126 cm³/mol. The Kier molecular flexibility index (Phi) is 6.27. The maximum absolute atomic E-state index is 14.2. The van der Waals surface area contributed by atoms with E-state index in [1.807, 2.05) is 0 Å². The van der Waals surface area contributed by atoms with Crippen LogP contribution in [0.5, 0.6) is 0 Å². The third-order valence-electron chi connectivity index (χ3n) is 7.62. The van der Waals surface area contributed by atoms with Crippen molar-refractivity contribution >= 4 is 17.5 Å². The molecule has 0 unspecified atom stereocenters. The van der Waals surface area contributed by atoms with E-state index in [2.05, 4.69) is 20.2 Å². The first-order chi connectivity index (χ1) is 18.5. The van der Waals surface area contributed by atoms with Gasteiger partial charge < -0.3 is 9.64 Å². The molecule has 0 aliphatic carbocycles. The topological polar surface area (TPSA) is 72.2 Å². The Morgan fingerprint density at radius 2 is 1.72 bits per heavy atom. The third-order valence-corrected chi connectivity index (χ3v) is 7.86. The number of ether oxygens (including phenoxy) is 1. The molecule has 2 saturated heterocycles. The maximum atomic E-state index is 14.2. The molecular formula is C24H22ClF6N7O. The van der Waals surface area contributed by atoms with Gasteiger partial charge in [0, 0.05) is 36.8 Å². The summed E-state index contributed by atoms with van der Waals surface area (Å²) in [5, 5.41) is 9.09. The molecular weight excluding hydrogens is 552 g/mol. The van der Waals surface area contributed by atoms with Gasteiger partial charge in [-0.25, -0.2) is 9.97 Å². The monoisotopic (exact) mass is 573 g/mol. The summed E-state index contributed by atoms with van der Waals surface area (Å²) in [6.45, 7) is -0.288. The van der Waals surface area contributed by atoms with Crippen LogP contribution in [0.1, 0.15) is 41.7 Å². The lowest BCUT2D eigenvalue weighted by Crippen LogP contribution is -2.69. The van der Waals surface area contributed by atoms with Gasteiger partial charge in [-0.1, -0.05) is 11.6 Å². The summed E-state index contributed by atoms with van der Waals surface area (Å²) >= 11 is 6.24. The van der Waals surface area contributed by atoms with E-state index >= 15 is 0 Å². The van der Waals surface area contributed by atoms with Crippen LogP contribution in [0.4, 0.5) is 32.3 Å². The fourth-order valence-electron chi connectivity index (χ4n) is 5.41. The molecule has 1 aromatic carbocycles. The predicted octanol–water partition coefficient (Wildman–Crippen LogP) is 4.76. The molecule has 6 rings (SSSR count). The smallest absolute Gasteiger partial charge is 0.377 e. The second kappa shape index (κ2) is 9.30. The standard InChI is InChI=1S/C24H22ClF6N7O/c25-16-1-2-17-15(9-16)10-37(22(12-39-13-22)24(29,30)31)11-19-34-35-20(38(17)19)14-4-7-36(8-5-14)21-32-6-3-18(33-21)23(26,27)28/h1-3,6,9,14H,4-5,7-8,10-13H2. The number of piperidine rings is 1. The minimum atomic E-state index is -4.57. The Balaban J connectivity index is 1.30. The molecule has 0 saturated carbocycles. The first-order valence-electron chi connectivity index (χ1n) is 12.2. The summed E-state index contributed by atoms with van der Waals surface area (Å²) < 4.78 is 88.7. The second-order valence-corrected chi connectivity index (χ2v) is 10.4. The Labute approximate surface area is 223 Å². The average Bonchev–Trinajstić information content (AvgIpc) is 3.18. The molecule has 2 fully saturated rings. The van der Waals surface area contributed by atoms with E-state index in [1.54, 1.807) is 27.7 Å². The molecule has 3 aliphatic rings. The van der Waals surface area contributed by atoms with Crippen LogP contribution >= 0.6 is 11.6 Å². The van der Waals surface area contributed by atoms with Crippen LogP contribution in [0.25, 0.3) is 5.69 Å². The molecule has 0 atom stereocenters. The molecule has 0 spiro atoms. The molecule has 39 heavy (non-hydrogen) atoms. The number of hydrogen-bond donors (Lipinski definition) is 0. The Morgan fingerprint density at radius 1 is 0.974 bits per heavy atom. The van der Waals surface area contributed by atoms with Gasteiger partial charge >= 0.3 is 12.4 Å². The van der Waals surface area contributed by atoms with Gasteiger partial charge in [0.25, 0.3) is 0 Å². The van der Waals surface area contributed by atoms with Gasteiger partial charge in [0.2, 0.25) is 5.95 Å². The highest BCUT2D eigenvalue weighted by Crippen LogP contribution is 2.44. The zero-order chi connectivity index (χ0) is 27.6. The lowest BCUT2D eigenvalue weighted by atomic mass is 9.93. The van der Waals surface area contributed by atoms with E-state index in [4.69, 9.17) is 16.3 Å². The van der Waals surface area contributed by atoms with E-state index in [9.17, 15) is 26.3 Å². The maximum Gasteiger partial charge on any atom is 0.433 e. The Hall–Kier alpha value is -2.97. The van der Waals surface area contributed by atoms with E-state index in [1.165, 1.54) is 4.90 Å². The van der Waals surface area contributed by atoms with Gasteiger partial charge in [-0.3, -0.25) is 9.47 Å². The number of alkyl halides is 6. The molecule has 3 aromatic rings. The second-order valence-electron chi connectivity index (χ2n) is 9.96. The quantitative estimate of drug-likeness (QED) is 0.418. The molecule has 0 bridgehead atoms. The van der Waals surface area contributed by atoms with Crippen LogP contribution in [-0.2, 0) is 24.0 Å². The van der Waals surface area contributed by atoms with Crippen molar-refractivity contribution in [3.05, 3.63) is 58.4 Å².